The number of nitrogens with two attached hydrogens (primary N) is 1. The van der Waals surface area contributed by atoms with Gasteiger partial charge in [0.2, 0.25) is 0 Å². The van der Waals surface area contributed by atoms with E-state index in [1.807, 2.05) is 17.7 Å². The van der Waals surface area contributed by atoms with Crippen molar-refractivity contribution in [2.75, 3.05) is 5.73 Å². The van der Waals surface area contributed by atoms with Crippen molar-refractivity contribution in [2.45, 2.75) is 52.2 Å². The first-order chi connectivity index (χ1) is 8.47. The molecule has 18 heavy (non-hydrogen) atoms. The molecular formula is C14H22N2O2. The number of carbonyl (C=O) groups is 1. The van der Waals surface area contributed by atoms with Crippen molar-refractivity contribution < 1.29 is 9.53 Å². The molecule has 1 aromatic rings. The van der Waals surface area contributed by atoms with Gasteiger partial charge in [-0.3, -0.25) is 0 Å². The fourth-order valence-electron chi connectivity index (χ4n) is 2.27. The van der Waals surface area contributed by atoms with Gasteiger partial charge < -0.3 is 15.0 Å². The number of aromatic nitrogens is 1. The summed E-state index contributed by atoms with van der Waals surface area (Å²) in [4.78, 5) is 12.1. The Morgan fingerprint density at radius 2 is 2.17 bits per heavy atom. The lowest BCUT2D eigenvalue weighted by atomic mass is 10.1. The number of hydrogen-bond acceptors (Lipinski definition) is 3. The smallest absolute Gasteiger partial charge is 0.355 e. The molecule has 0 saturated heterocycles. The maximum Gasteiger partial charge on any atom is 0.355 e. The summed E-state index contributed by atoms with van der Waals surface area (Å²) >= 11 is 0. The summed E-state index contributed by atoms with van der Waals surface area (Å²) in [5, 5.41) is 0. The number of ether oxygens (including phenoxy) is 1. The van der Waals surface area contributed by atoms with Crippen molar-refractivity contribution in [1.82, 2.24) is 4.57 Å². The van der Waals surface area contributed by atoms with Crippen LogP contribution in [0.15, 0.2) is 12.3 Å². The minimum atomic E-state index is -0.258. The fourth-order valence-corrected chi connectivity index (χ4v) is 2.27. The van der Waals surface area contributed by atoms with E-state index in [1.54, 1.807) is 6.07 Å². The number of nitrogens with zero attached hydrogens (tertiary/aromatic N) is 1. The highest BCUT2D eigenvalue weighted by Crippen LogP contribution is 2.37. The van der Waals surface area contributed by atoms with Gasteiger partial charge in [0.15, 0.2) is 0 Å². The van der Waals surface area contributed by atoms with Crippen LogP contribution in [0, 0.1) is 5.92 Å². The molecule has 1 fully saturated rings. The summed E-state index contributed by atoms with van der Waals surface area (Å²) in [7, 11) is 0. The molecule has 0 bridgehead atoms. The van der Waals surface area contributed by atoms with E-state index in [-0.39, 0.29) is 12.1 Å². The second-order valence-corrected chi connectivity index (χ2v) is 5.64. The van der Waals surface area contributed by atoms with Crippen LogP contribution in [-0.2, 0) is 4.74 Å². The molecular weight excluding hydrogens is 228 g/mol. The van der Waals surface area contributed by atoms with Crippen molar-refractivity contribution >= 4 is 11.7 Å². The Morgan fingerprint density at radius 3 is 2.72 bits per heavy atom. The quantitative estimate of drug-likeness (QED) is 0.817. The van der Waals surface area contributed by atoms with E-state index in [4.69, 9.17) is 10.5 Å². The van der Waals surface area contributed by atoms with Crippen LogP contribution in [0.1, 0.15) is 56.6 Å². The molecule has 1 unspecified atom stereocenters. The largest absolute Gasteiger partial charge is 0.458 e. The molecule has 0 spiro atoms. The number of rotatable bonds is 5. The van der Waals surface area contributed by atoms with Crippen molar-refractivity contribution in [3.05, 3.63) is 18.0 Å². The van der Waals surface area contributed by atoms with E-state index in [9.17, 15) is 4.79 Å². The molecule has 1 aliphatic rings. The average molecular weight is 250 g/mol. The van der Waals surface area contributed by atoms with E-state index in [0.717, 1.165) is 19.3 Å². The molecule has 1 atom stereocenters. The van der Waals surface area contributed by atoms with E-state index < -0.39 is 0 Å². The number of hydrogen-bond donors (Lipinski definition) is 1. The molecule has 4 heteroatoms. The molecule has 100 valence electrons. The van der Waals surface area contributed by atoms with Gasteiger partial charge in [0.1, 0.15) is 5.69 Å². The second-order valence-electron chi connectivity index (χ2n) is 5.64. The predicted molar refractivity (Wildman–Crippen MR) is 71.4 cm³/mol. The van der Waals surface area contributed by atoms with E-state index >= 15 is 0 Å². The topological polar surface area (TPSA) is 57.2 Å². The monoisotopic (exact) mass is 250 g/mol. The standard InChI is InChI=1S/C14H22N2O2/c1-9(2)6-10(3)18-14(17)13-7-11(15)8-16(13)12-4-5-12/h7-10,12H,4-6,15H2,1-3H3. The van der Waals surface area contributed by atoms with Gasteiger partial charge in [-0.15, -0.1) is 0 Å². The van der Waals surface area contributed by atoms with E-state index in [0.29, 0.717) is 23.3 Å². The highest BCUT2D eigenvalue weighted by atomic mass is 16.5. The summed E-state index contributed by atoms with van der Waals surface area (Å²) < 4.78 is 7.42. The Morgan fingerprint density at radius 1 is 1.50 bits per heavy atom. The normalized spacial score (nSPS) is 16.9. The molecule has 1 saturated carbocycles. The zero-order valence-electron chi connectivity index (χ0n) is 11.3. The van der Waals surface area contributed by atoms with E-state index in [1.165, 1.54) is 0 Å². The SMILES string of the molecule is CC(C)CC(C)OC(=O)c1cc(N)cn1C1CC1. The highest BCUT2D eigenvalue weighted by Gasteiger charge is 2.28. The van der Waals surface area contributed by atoms with Crippen LogP contribution in [0.4, 0.5) is 5.69 Å². The maximum absolute atomic E-state index is 12.1. The van der Waals surface area contributed by atoms with Crippen molar-refractivity contribution in [3.8, 4) is 0 Å². The van der Waals surface area contributed by atoms with Gasteiger partial charge in [-0.05, 0) is 38.2 Å². The summed E-state index contributed by atoms with van der Waals surface area (Å²) in [5.74, 6) is 0.264. The predicted octanol–water partition coefficient (Wildman–Crippen LogP) is 3.00. The van der Waals surface area contributed by atoms with Crippen LogP contribution in [0.25, 0.3) is 0 Å². The molecule has 1 aliphatic carbocycles. The zero-order chi connectivity index (χ0) is 13.3. The Labute approximate surface area is 108 Å². The first-order valence-electron chi connectivity index (χ1n) is 6.65. The fraction of sp³-hybridized carbons (Fsp3) is 0.643. The Bertz CT molecular complexity index is 433. The summed E-state index contributed by atoms with van der Waals surface area (Å²) in [6.45, 7) is 6.18. The molecule has 1 aromatic heterocycles. The highest BCUT2D eigenvalue weighted by molar-refractivity contribution is 5.89. The first kappa shape index (κ1) is 13.0. The van der Waals surface area contributed by atoms with Crippen LogP contribution in [-0.4, -0.2) is 16.6 Å². The number of anilines is 1. The maximum atomic E-state index is 12.1. The van der Waals surface area contributed by atoms with Crippen LogP contribution >= 0.6 is 0 Å². The van der Waals surface area contributed by atoms with Crippen LogP contribution in [0.3, 0.4) is 0 Å². The summed E-state index contributed by atoms with van der Waals surface area (Å²) in [6.07, 6.45) is 4.90. The zero-order valence-corrected chi connectivity index (χ0v) is 11.3. The minimum Gasteiger partial charge on any atom is -0.458 e. The van der Waals surface area contributed by atoms with Crippen LogP contribution in [0.2, 0.25) is 0 Å². The molecule has 4 nitrogen and oxygen atoms in total. The summed E-state index contributed by atoms with van der Waals surface area (Å²) in [6, 6.07) is 2.15. The van der Waals surface area contributed by atoms with Crippen LogP contribution < -0.4 is 5.73 Å². The van der Waals surface area contributed by atoms with Gasteiger partial charge in [0.25, 0.3) is 0 Å². The first-order valence-corrected chi connectivity index (χ1v) is 6.65. The van der Waals surface area contributed by atoms with E-state index in [2.05, 4.69) is 13.8 Å². The lowest BCUT2D eigenvalue weighted by Crippen LogP contribution is -2.19. The van der Waals surface area contributed by atoms with Gasteiger partial charge >= 0.3 is 5.97 Å². The average Bonchev–Trinajstić information content (AvgIpc) is 3.00. The lowest BCUT2D eigenvalue weighted by molar-refractivity contribution is 0.0287. The molecule has 0 aromatic carbocycles. The molecule has 0 radical (unpaired) electrons. The van der Waals surface area contributed by atoms with Gasteiger partial charge in [-0.1, -0.05) is 13.8 Å². The van der Waals surface area contributed by atoms with Crippen molar-refractivity contribution in [2.24, 2.45) is 5.92 Å². The minimum absolute atomic E-state index is 0.0544. The number of nitrogen functional groups attached to an aromatic ring is 1. The third-order valence-corrected chi connectivity index (χ3v) is 3.13. The van der Waals surface area contributed by atoms with Gasteiger partial charge in [0, 0.05) is 12.2 Å². The Kier molecular flexibility index (Phi) is 3.64. The summed E-state index contributed by atoms with van der Waals surface area (Å²) in [5.41, 5.74) is 6.98. The molecule has 2 N–H and O–H groups in total. The number of carbonyl (C=O) groups excluding carboxylic acids is 1. The van der Waals surface area contributed by atoms with Crippen molar-refractivity contribution in [1.29, 1.82) is 0 Å². The van der Waals surface area contributed by atoms with Gasteiger partial charge in [-0.2, -0.15) is 0 Å². The van der Waals surface area contributed by atoms with Crippen molar-refractivity contribution in [3.63, 3.8) is 0 Å². The molecule has 0 aliphatic heterocycles. The van der Waals surface area contributed by atoms with Gasteiger partial charge in [0.05, 0.1) is 11.8 Å². The second kappa shape index (κ2) is 5.04. The molecule has 1 heterocycles. The number of esters is 1. The lowest BCUT2D eigenvalue weighted by Gasteiger charge is -2.16. The molecule has 0 amide bonds. The van der Waals surface area contributed by atoms with Crippen LogP contribution in [0.5, 0.6) is 0 Å². The third kappa shape index (κ3) is 3.06. The Hall–Kier alpha value is -1.45. The third-order valence-electron chi connectivity index (χ3n) is 3.13. The Balaban J connectivity index is 2.04. The molecule has 2 rings (SSSR count). The van der Waals surface area contributed by atoms with Gasteiger partial charge in [-0.25, -0.2) is 4.79 Å².